The van der Waals surface area contributed by atoms with Crippen molar-refractivity contribution >= 4 is 27.8 Å². The minimum atomic E-state index is -3.57. The highest BCUT2D eigenvalue weighted by Crippen LogP contribution is 2.19. The van der Waals surface area contributed by atoms with Crippen LogP contribution < -0.4 is 10.3 Å². The molecular formula is C14H20N4O6S. The molecule has 0 radical (unpaired) electrons. The van der Waals surface area contributed by atoms with E-state index >= 15 is 0 Å². The number of amides is 2. The number of carboxylic acids is 1. The fraction of sp³-hybridized carbons (Fsp3) is 0.500. The van der Waals surface area contributed by atoms with Gasteiger partial charge in [0.15, 0.2) is 0 Å². The Labute approximate surface area is 145 Å². The van der Waals surface area contributed by atoms with Crippen LogP contribution in [0.2, 0.25) is 0 Å². The Bertz CT molecular complexity index is 730. The van der Waals surface area contributed by atoms with Crippen molar-refractivity contribution in [3.05, 3.63) is 24.0 Å². The van der Waals surface area contributed by atoms with Crippen molar-refractivity contribution in [1.29, 1.82) is 0 Å². The number of carbonyl (C=O) groups is 3. The predicted octanol–water partition coefficient (Wildman–Crippen LogP) is -1.25. The number of sulfonamides is 1. The summed E-state index contributed by atoms with van der Waals surface area (Å²) in [6.07, 6.45) is 6.96. The molecule has 11 heteroatoms. The first-order valence-corrected chi connectivity index (χ1v) is 9.49. The lowest BCUT2D eigenvalue weighted by Gasteiger charge is -2.26. The first kappa shape index (κ1) is 18.9. The summed E-state index contributed by atoms with van der Waals surface area (Å²) in [6.45, 7) is 0.291. The first-order valence-electron chi connectivity index (χ1n) is 7.60. The summed E-state index contributed by atoms with van der Waals surface area (Å²) in [5.74, 6) is -2.00. The normalized spacial score (nSPS) is 20.4. The molecule has 0 aliphatic carbocycles. The Hall–Kier alpha value is -2.40. The fourth-order valence-electron chi connectivity index (χ4n) is 2.65. The minimum absolute atomic E-state index is 0.101. The molecule has 2 aliphatic heterocycles. The maximum Gasteiger partial charge on any atom is 0.326 e. The van der Waals surface area contributed by atoms with Crippen molar-refractivity contribution in [2.45, 2.75) is 25.3 Å². The summed E-state index contributed by atoms with van der Waals surface area (Å²) >= 11 is 0. The van der Waals surface area contributed by atoms with Crippen molar-refractivity contribution in [3.8, 4) is 0 Å². The van der Waals surface area contributed by atoms with Gasteiger partial charge in [0, 0.05) is 24.5 Å². The van der Waals surface area contributed by atoms with Gasteiger partial charge in [-0.15, -0.1) is 4.83 Å². The number of hydrogen-bond donors (Lipinski definition) is 3. The maximum absolute atomic E-state index is 12.3. The van der Waals surface area contributed by atoms with Gasteiger partial charge >= 0.3 is 5.97 Å². The maximum atomic E-state index is 12.3. The van der Waals surface area contributed by atoms with Crippen LogP contribution in [0.3, 0.4) is 0 Å². The Morgan fingerprint density at radius 1 is 1.36 bits per heavy atom. The Kier molecular flexibility index (Phi) is 5.80. The third kappa shape index (κ3) is 5.29. The quantitative estimate of drug-likeness (QED) is 0.495. The summed E-state index contributed by atoms with van der Waals surface area (Å²) < 4.78 is 22.0. The average Bonchev–Trinajstić information content (AvgIpc) is 3.02. The molecule has 0 spiro atoms. The molecule has 10 nitrogen and oxygen atoms in total. The zero-order valence-electron chi connectivity index (χ0n) is 13.6. The molecule has 0 saturated carbocycles. The van der Waals surface area contributed by atoms with Gasteiger partial charge < -0.3 is 14.9 Å². The molecule has 1 fully saturated rings. The van der Waals surface area contributed by atoms with Crippen molar-refractivity contribution in [2.24, 2.45) is 0 Å². The number of allylic oxidation sites excluding steroid dienone is 1. The van der Waals surface area contributed by atoms with Crippen molar-refractivity contribution < 1.29 is 27.9 Å². The molecule has 0 aromatic rings. The molecule has 1 atom stereocenters. The third-order valence-electron chi connectivity index (χ3n) is 3.77. The summed E-state index contributed by atoms with van der Waals surface area (Å²) in [7, 11) is -3.57. The number of likely N-dealkylation sites (tertiary alicyclic amines) is 1. The predicted molar refractivity (Wildman–Crippen MR) is 87.0 cm³/mol. The molecule has 138 valence electrons. The molecular weight excluding hydrogens is 352 g/mol. The van der Waals surface area contributed by atoms with Crippen LogP contribution in [0.25, 0.3) is 0 Å². The average molecular weight is 372 g/mol. The van der Waals surface area contributed by atoms with Crippen LogP contribution in [0.5, 0.6) is 0 Å². The van der Waals surface area contributed by atoms with Gasteiger partial charge in [-0.1, -0.05) is 6.08 Å². The SMILES string of the molecule is CS(=O)(=O)NNC(=O)C1=CN(CC(=O)N2CCC[C@H]2C(=O)O)C=CC1. The van der Waals surface area contributed by atoms with Gasteiger partial charge in [-0.25, -0.2) is 13.2 Å². The Morgan fingerprint density at radius 2 is 2.08 bits per heavy atom. The zero-order chi connectivity index (χ0) is 18.6. The van der Waals surface area contributed by atoms with Crippen LogP contribution in [-0.2, 0) is 24.4 Å². The van der Waals surface area contributed by atoms with Gasteiger partial charge in [-0.3, -0.25) is 15.0 Å². The number of aliphatic carboxylic acids is 1. The Balaban J connectivity index is 1.97. The topological polar surface area (TPSA) is 136 Å². The fourth-order valence-corrected chi connectivity index (χ4v) is 2.93. The largest absolute Gasteiger partial charge is 0.480 e. The zero-order valence-corrected chi connectivity index (χ0v) is 14.5. The number of hydrogen-bond acceptors (Lipinski definition) is 6. The smallest absolute Gasteiger partial charge is 0.326 e. The lowest BCUT2D eigenvalue weighted by atomic mass is 10.1. The van der Waals surface area contributed by atoms with Gasteiger partial charge in [0.2, 0.25) is 15.9 Å². The van der Waals surface area contributed by atoms with Crippen LogP contribution in [0.1, 0.15) is 19.3 Å². The van der Waals surface area contributed by atoms with Gasteiger partial charge in [0.05, 0.1) is 6.26 Å². The summed E-state index contributed by atoms with van der Waals surface area (Å²) in [4.78, 5) is 40.1. The van der Waals surface area contributed by atoms with Crippen molar-refractivity contribution in [3.63, 3.8) is 0 Å². The molecule has 0 aromatic carbocycles. The highest BCUT2D eigenvalue weighted by molar-refractivity contribution is 7.88. The number of nitrogens with one attached hydrogen (secondary N) is 2. The van der Waals surface area contributed by atoms with Crippen LogP contribution in [-0.4, -0.2) is 66.5 Å². The highest BCUT2D eigenvalue weighted by Gasteiger charge is 2.34. The van der Waals surface area contributed by atoms with Gasteiger partial charge in [-0.05, 0) is 19.3 Å². The molecule has 0 bridgehead atoms. The number of rotatable bonds is 6. The molecule has 2 rings (SSSR count). The van der Waals surface area contributed by atoms with Crippen LogP contribution in [0.15, 0.2) is 24.0 Å². The lowest BCUT2D eigenvalue weighted by Crippen LogP contribution is -2.44. The van der Waals surface area contributed by atoms with E-state index in [1.54, 1.807) is 12.3 Å². The van der Waals surface area contributed by atoms with Gasteiger partial charge in [0.25, 0.3) is 5.91 Å². The third-order valence-corrected chi connectivity index (χ3v) is 4.25. The van der Waals surface area contributed by atoms with E-state index in [4.69, 9.17) is 5.11 Å². The van der Waals surface area contributed by atoms with E-state index in [9.17, 15) is 22.8 Å². The number of carbonyl (C=O) groups excluding carboxylic acids is 2. The summed E-state index contributed by atoms with van der Waals surface area (Å²) in [6, 6.07) is -0.813. The monoisotopic (exact) mass is 372 g/mol. The molecule has 3 N–H and O–H groups in total. The molecule has 2 amide bonds. The number of hydrazine groups is 1. The summed E-state index contributed by atoms with van der Waals surface area (Å²) in [5.41, 5.74) is 2.33. The second-order valence-corrected chi connectivity index (χ2v) is 7.58. The molecule has 2 heterocycles. The van der Waals surface area contributed by atoms with Crippen LogP contribution >= 0.6 is 0 Å². The second-order valence-electron chi connectivity index (χ2n) is 5.83. The lowest BCUT2D eigenvalue weighted by molar-refractivity contribution is -0.148. The standard InChI is InChI=1S/C14H20N4O6S/c1-25(23,24)16-15-13(20)10-4-2-6-17(8-10)9-12(19)18-7-3-5-11(18)14(21)22/h2,6,8,11,16H,3-5,7,9H2,1H3,(H,15,20)(H,21,22)/t11-/m0/s1. The number of nitrogens with zero attached hydrogens (tertiary/aromatic N) is 2. The van der Waals surface area contributed by atoms with Gasteiger partial charge in [0.1, 0.15) is 12.6 Å². The van der Waals surface area contributed by atoms with Crippen LogP contribution in [0.4, 0.5) is 0 Å². The molecule has 2 aliphatic rings. The van der Waals surface area contributed by atoms with Crippen LogP contribution in [0, 0.1) is 0 Å². The van der Waals surface area contributed by atoms with E-state index < -0.39 is 27.9 Å². The second kappa shape index (κ2) is 7.66. The number of carboxylic acid groups (broad SMARTS) is 1. The molecule has 0 unspecified atom stereocenters. The highest BCUT2D eigenvalue weighted by atomic mass is 32.2. The summed E-state index contributed by atoms with van der Waals surface area (Å²) in [5, 5.41) is 9.14. The van der Waals surface area contributed by atoms with Crippen molar-refractivity contribution in [2.75, 3.05) is 19.3 Å². The van der Waals surface area contributed by atoms with E-state index in [0.29, 0.717) is 19.4 Å². The van der Waals surface area contributed by atoms with E-state index in [2.05, 4.69) is 5.43 Å². The molecule has 25 heavy (non-hydrogen) atoms. The van der Waals surface area contributed by atoms with Crippen molar-refractivity contribution in [1.82, 2.24) is 20.1 Å². The Morgan fingerprint density at radius 3 is 2.72 bits per heavy atom. The van der Waals surface area contributed by atoms with E-state index in [-0.39, 0.29) is 24.4 Å². The molecule has 0 aromatic heterocycles. The van der Waals surface area contributed by atoms with E-state index in [0.717, 1.165) is 6.26 Å². The van der Waals surface area contributed by atoms with Gasteiger partial charge in [-0.2, -0.15) is 0 Å². The van der Waals surface area contributed by atoms with E-state index in [1.807, 2.05) is 4.83 Å². The minimum Gasteiger partial charge on any atom is -0.480 e. The molecule has 1 saturated heterocycles. The van der Waals surface area contributed by atoms with E-state index in [1.165, 1.54) is 16.0 Å². The first-order chi connectivity index (χ1) is 11.7.